The average Bonchev–Trinajstić information content (AvgIpc) is 2.43. The highest BCUT2D eigenvalue weighted by Gasteiger charge is 2.25. The van der Waals surface area contributed by atoms with E-state index in [0.29, 0.717) is 25.4 Å². The van der Waals surface area contributed by atoms with Crippen LogP contribution in [0.1, 0.15) is 46.1 Å². The van der Waals surface area contributed by atoms with E-state index in [1.165, 1.54) is 5.56 Å². The number of amides is 1. The molecule has 0 aliphatic carbocycles. The molecule has 0 radical (unpaired) electrons. The molecule has 0 heterocycles. The lowest BCUT2D eigenvalue weighted by molar-refractivity contribution is -0.133. The molecule has 1 atom stereocenters. The van der Waals surface area contributed by atoms with Crippen molar-refractivity contribution < 1.29 is 4.79 Å². The van der Waals surface area contributed by atoms with E-state index in [-0.39, 0.29) is 11.3 Å². The van der Waals surface area contributed by atoms with Gasteiger partial charge in [-0.15, -0.1) is 0 Å². The van der Waals surface area contributed by atoms with Crippen LogP contribution < -0.4 is 5.73 Å². The van der Waals surface area contributed by atoms with Gasteiger partial charge in [-0.3, -0.25) is 4.79 Å². The molecule has 3 nitrogen and oxygen atoms in total. The van der Waals surface area contributed by atoms with E-state index in [4.69, 9.17) is 5.73 Å². The predicted octanol–water partition coefficient (Wildman–Crippen LogP) is 3.44. The minimum Gasteiger partial charge on any atom is -0.338 e. The summed E-state index contributed by atoms with van der Waals surface area (Å²) in [6.45, 7) is 10.7. The minimum absolute atomic E-state index is 0.155. The van der Waals surface area contributed by atoms with Crippen LogP contribution in [0.2, 0.25) is 0 Å². The Morgan fingerprint density at radius 1 is 1.24 bits per heavy atom. The van der Waals surface area contributed by atoms with Crippen LogP contribution >= 0.6 is 0 Å². The molecular weight excluding hydrogens is 260 g/mol. The largest absolute Gasteiger partial charge is 0.338 e. The van der Waals surface area contributed by atoms with Crippen LogP contribution in [-0.2, 0) is 11.3 Å². The smallest absolute Gasteiger partial charge is 0.223 e. The highest BCUT2D eigenvalue weighted by Crippen LogP contribution is 2.28. The number of rotatable bonds is 7. The van der Waals surface area contributed by atoms with Gasteiger partial charge in [0, 0.05) is 19.5 Å². The first-order valence-corrected chi connectivity index (χ1v) is 7.86. The van der Waals surface area contributed by atoms with Crippen molar-refractivity contribution in [3.05, 3.63) is 35.9 Å². The zero-order valence-electron chi connectivity index (χ0n) is 13.9. The zero-order valence-corrected chi connectivity index (χ0v) is 13.9. The van der Waals surface area contributed by atoms with E-state index in [1.54, 1.807) is 0 Å². The van der Waals surface area contributed by atoms with Crippen molar-refractivity contribution in [3.8, 4) is 0 Å². The van der Waals surface area contributed by atoms with E-state index >= 15 is 0 Å². The fourth-order valence-electron chi connectivity index (χ4n) is 2.08. The van der Waals surface area contributed by atoms with Gasteiger partial charge >= 0.3 is 0 Å². The molecular formula is C18H30N2O. The molecule has 1 rings (SSSR count). The maximum atomic E-state index is 12.6. The number of carbonyl (C=O) groups excluding carboxylic acids is 1. The molecule has 0 bridgehead atoms. The van der Waals surface area contributed by atoms with Crippen LogP contribution in [0.4, 0.5) is 0 Å². The first kappa shape index (κ1) is 17.7. The Hall–Kier alpha value is -1.35. The predicted molar refractivity (Wildman–Crippen MR) is 88.8 cm³/mol. The van der Waals surface area contributed by atoms with Gasteiger partial charge in [0.2, 0.25) is 5.91 Å². The van der Waals surface area contributed by atoms with Gasteiger partial charge in [-0.2, -0.15) is 0 Å². The molecule has 2 N–H and O–H groups in total. The van der Waals surface area contributed by atoms with Crippen molar-refractivity contribution in [1.82, 2.24) is 4.90 Å². The summed E-state index contributed by atoms with van der Waals surface area (Å²) in [6.07, 6.45) is 1.45. The minimum atomic E-state index is 0.155. The molecule has 0 spiro atoms. The van der Waals surface area contributed by atoms with Crippen LogP contribution in [0.3, 0.4) is 0 Å². The lowest BCUT2D eigenvalue weighted by atomic mass is 9.80. The van der Waals surface area contributed by atoms with Gasteiger partial charge in [-0.25, -0.2) is 0 Å². The fourth-order valence-corrected chi connectivity index (χ4v) is 2.08. The molecule has 3 heteroatoms. The molecule has 0 saturated carbocycles. The van der Waals surface area contributed by atoms with E-state index in [2.05, 4.69) is 39.8 Å². The molecule has 1 amide bonds. The summed E-state index contributed by atoms with van der Waals surface area (Å²) < 4.78 is 0. The second-order valence-corrected chi connectivity index (χ2v) is 6.91. The van der Waals surface area contributed by atoms with Crippen LogP contribution in [-0.4, -0.2) is 23.9 Å². The van der Waals surface area contributed by atoms with Crippen molar-refractivity contribution in [1.29, 1.82) is 0 Å². The Morgan fingerprint density at radius 2 is 1.86 bits per heavy atom. The van der Waals surface area contributed by atoms with Crippen molar-refractivity contribution in [2.75, 3.05) is 13.1 Å². The van der Waals surface area contributed by atoms with Crippen molar-refractivity contribution in [2.24, 2.45) is 17.1 Å². The lowest BCUT2D eigenvalue weighted by Gasteiger charge is -2.30. The second kappa shape index (κ2) is 8.18. The standard InChI is InChI=1S/C18H30N2O/c1-15(18(2,3)4)13-17(21)20(12-8-11-19)14-16-9-6-5-7-10-16/h5-7,9-10,15H,8,11-14,19H2,1-4H3. The van der Waals surface area contributed by atoms with Crippen LogP contribution in [0, 0.1) is 11.3 Å². The van der Waals surface area contributed by atoms with Crippen LogP contribution in [0.15, 0.2) is 30.3 Å². The van der Waals surface area contributed by atoms with Crippen LogP contribution in [0.25, 0.3) is 0 Å². The van der Waals surface area contributed by atoms with Gasteiger partial charge in [0.1, 0.15) is 0 Å². The Balaban J connectivity index is 2.70. The third kappa shape index (κ3) is 6.30. The number of nitrogens with two attached hydrogens (primary N) is 1. The summed E-state index contributed by atoms with van der Waals surface area (Å²) in [7, 11) is 0. The second-order valence-electron chi connectivity index (χ2n) is 6.91. The molecule has 0 aromatic heterocycles. The maximum Gasteiger partial charge on any atom is 0.223 e. The van der Waals surface area contributed by atoms with Gasteiger partial charge in [0.15, 0.2) is 0 Å². The van der Waals surface area contributed by atoms with Gasteiger partial charge in [0.05, 0.1) is 0 Å². The summed E-state index contributed by atoms with van der Waals surface area (Å²) >= 11 is 0. The first-order chi connectivity index (χ1) is 9.84. The van der Waals surface area contributed by atoms with Crippen molar-refractivity contribution in [2.45, 2.75) is 47.1 Å². The van der Waals surface area contributed by atoms with E-state index in [0.717, 1.165) is 13.0 Å². The summed E-state index contributed by atoms with van der Waals surface area (Å²) in [4.78, 5) is 14.5. The van der Waals surface area contributed by atoms with Crippen molar-refractivity contribution in [3.63, 3.8) is 0 Å². The zero-order chi connectivity index (χ0) is 15.9. The highest BCUT2D eigenvalue weighted by atomic mass is 16.2. The quantitative estimate of drug-likeness (QED) is 0.836. The topological polar surface area (TPSA) is 46.3 Å². The monoisotopic (exact) mass is 290 g/mol. The molecule has 21 heavy (non-hydrogen) atoms. The molecule has 118 valence electrons. The molecule has 0 saturated heterocycles. The molecule has 0 aliphatic rings. The van der Waals surface area contributed by atoms with Gasteiger partial charge in [0.25, 0.3) is 0 Å². The lowest BCUT2D eigenvalue weighted by Crippen LogP contribution is -2.35. The SMILES string of the molecule is CC(CC(=O)N(CCCN)Cc1ccccc1)C(C)(C)C. The molecule has 1 unspecified atom stereocenters. The number of nitrogens with zero attached hydrogens (tertiary/aromatic N) is 1. The van der Waals surface area contributed by atoms with E-state index < -0.39 is 0 Å². The Morgan fingerprint density at radius 3 is 2.38 bits per heavy atom. The number of hydrogen-bond donors (Lipinski definition) is 1. The highest BCUT2D eigenvalue weighted by molar-refractivity contribution is 5.76. The number of hydrogen-bond acceptors (Lipinski definition) is 2. The molecule has 0 fully saturated rings. The third-order valence-corrected chi connectivity index (χ3v) is 4.16. The van der Waals surface area contributed by atoms with Gasteiger partial charge < -0.3 is 10.6 Å². The number of benzene rings is 1. The Kier molecular flexibility index (Phi) is 6.90. The summed E-state index contributed by atoms with van der Waals surface area (Å²) in [6, 6.07) is 10.2. The average molecular weight is 290 g/mol. The third-order valence-electron chi connectivity index (χ3n) is 4.16. The summed E-state index contributed by atoms with van der Waals surface area (Å²) in [5.41, 5.74) is 6.93. The molecule has 1 aromatic rings. The summed E-state index contributed by atoms with van der Waals surface area (Å²) in [5, 5.41) is 0. The van der Waals surface area contributed by atoms with Crippen molar-refractivity contribution >= 4 is 5.91 Å². The number of carbonyl (C=O) groups is 1. The molecule has 0 aliphatic heterocycles. The Bertz CT molecular complexity index is 423. The normalized spacial score (nSPS) is 13.0. The van der Waals surface area contributed by atoms with Crippen LogP contribution in [0.5, 0.6) is 0 Å². The van der Waals surface area contributed by atoms with Gasteiger partial charge in [-0.05, 0) is 29.9 Å². The first-order valence-electron chi connectivity index (χ1n) is 7.86. The summed E-state index contributed by atoms with van der Waals surface area (Å²) in [5.74, 6) is 0.593. The van der Waals surface area contributed by atoms with E-state index in [9.17, 15) is 4.79 Å². The molecule has 1 aromatic carbocycles. The van der Waals surface area contributed by atoms with E-state index in [1.807, 2.05) is 23.1 Å². The van der Waals surface area contributed by atoms with Gasteiger partial charge in [-0.1, -0.05) is 58.0 Å². The fraction of sp³-hybridized carbons (Fsp3) is 0.611. The Labute approximate surface area is 129 Å². The maximum absolute atomic E-state index is 12.6.